The number of rotatable bonds is 2. The number of aryl methyl sites for hydroxylation is 1. The van der Waals surface area contributed by atoms with Crippen LogP contribution in [0.3, 0.4) is 0 Å². The van der Waals surface area contributed by atoms with E-state index in [4.69, 9.17) is 10.2 Å². The second kappa shape index (κ2) is 6.83. The minimum atomic E-state index is -1.21. The molecular weight excluding hydrogens is 264 g/mol. The normalized spacial score (nSPS) is 9.25. The Labute approximate surface area is 113 Å². The third-order valence-electron chi connectivity index (χ3n) is 2.26. The van der Waals surface area contributed by atoms with Crippen LogP contribution < -0.4 is 5.56 Å². The highest BCUT2D eigenvalue weighted by molar-refractivity contribution is 5.87. The quantitative estimate of drug-likeness (QED) is 0.757. The molecule has 2 heterocycles. The number of nitrogens with zero attached hydrogens (tertiary/aromatic N) is 1. The smallest absolute Gasteiger partial charge is 0.354 e. The Balaban J connectivity index is 0.000000200. The maximum atomic E-state index is 10.6. The molecular formula is C13H12N2O5. The Morgan fingerprint density at radius 2 is 1.85 bits per heavy atom. The second-order valence-electron chi connectivity index (χ2n) is 3.69. The Morgan fingerprint density at radius 1 is 1.15 bits per heavy atom. The predicted octanol–water partition coefficient (Wildman–Crippen LogP) is 1.16. The Kier molecular flexibility index (Phi) is 5.16. The number of carboxylic acids is 2. The largest absolute Gasteiger partial charge is 0.477 e. The molecule has 20 heavy (non-hydrogen) atoms. The van der Waals surface area contributed by atoms with Crippen LogP contribution >= 0.6 is 0 Å². The zero-order chi connectivity index (χ0) is 15.1. The topological polar surface area (TPSA) is 120 Å². The standard InChI is InChI=1S/C7H7NO2.C6H5NO3/c1-5-3-2-4-8-6(5)7(9)10;8-5-4(6(9)10)2-1-3-7-5/h2-4H,1H3,(H,9,10);1-3H,(H,7,8)(H,9,10). The SMILES string of the molecule is Cc1cccnc1C(=O)O.O=C(O)c1ccc[nH]c1=O. The molecule has 2 rings (SSSR count). The molecule has 2 aromatic heterocycles. The zero-order valence-electron chi connectivity index (χ0n) is 10.5. The summed E-state index contributed by atoms with van der Waals surface area (Å²) in [4.78, 5) is 37.1. The number of nitrogens with one attached hydrogen (secondary N) is 1. The molecule has 0 fully saturated rings. The second-order valence-corrected chi connectivity index (χ2v) is 3.69. The fourth-order valence-electron chi connectivity index (χ4n) is 1.30. The number of aromatic amines is 1. The highest BCUT2D eigenvalue weighted by Gasteiger charge is 2.05. The molecule has 0 saturated carbocycles. The lowest BCUT2D eigenvalue weighted by atomic mass is 10.2. The van der Waals surface area contributed by atoms with Gasteiger partial charge in [0.1, 0.15) is 5.56 Å². The van der Waals surface area contributed by atoms with Gasteiger partial charge in [-0.3, -0.25) is 4.79 Å². The van der Waals surface area contributed by atoms with Crippen LogP contribution in [0.4, 0.5) is 0 Å². The Morgan fingerprint density at radius 3 is 2.25 bits per heavy atom. The number of hydrogen-bond acceptors (Lipinski definition) is 4. The van der Waals surface area contributed by atoms with Gasteiger partial charge in [0.25, 0.3) is 5.56 Å². The Bertz CT molecular complexity index is 678. The maximum absolute atomic E-state index is 10.6. The molecule has 0 aliphatic rings. The van der Waals surface area contributed by atoms with Crippen molar-refractivity contribution in [2.45, 2.75) is 6.92 Å². The maximum Gasteiger partial charge on any atom is 0.354 e. The van der Waals surface area contributed by atoms with Gasteiger partial charge in [-0.2, -0.15) is 0 Å². The van der Waals surface area contributed by atoms with E-state index in [0.29, 0.717) is 5.56 Å². The molecule has 0 bridgehead atoms. The van der Waals surface area contributed by atoms with Gasteiger partial charge in [0, 0.05) is 12.4 Å². The first kappa shape index (κ1) is 15.1. The molecule has 0 atom stereocenters. The summed E-state index contributed by atoms with van der Waals surface area (Å²) in [5.74, 6) is -2.18. The van der Waals surface area contributed by atoms with E-state index in [1.165, 1.54) is 24.5 Å². The van der Waals surface area contributed by atoms with Gasteiger partial charge in [0.05, 0.1) is 0 Å². The van der Waals surface area contributed by atoms with Crippen LogP contribution in [0.1, 0.15) is 26.4 Å². The van der Waals surface area contributed by atoms with Gasteiger partial charge >= 0.3 is 11.9 Å². The number of aromatic carboxylic acids is 2. The summed E-state index contributed by atoms with van der Waals surface area (Å²) in [7, 11) is 0. The van der Waals surface area contributed by atoms with Crippen LogP contribution in [-0.4, -0.2) is 32.1 Å². The van der Waals surface area contributed by atoms with E-state index in [1.807, 2.05) is 0 Å². The van der Waals surface area contributed by atoms with Crippen molar-refractivity contribution in [3.63, 3.8) is 0 Å². The van der Waals surface area contributed by atoms with Crippen molar-refractivity contribution in [2.75, 3.05) is 0 Å². The minimum absolute atomic E-state index is 0.127. The molecule has 3 N–H and O–H groups in total. The summed E-state index contributed by atoms with van der Waals surface area (Å²) in [6, 6.07) is 6.14. The van der Waals surface area contributed by atoms with Crippen molar-refractivity contribution in [2.24, 2.45) is 0 Å². The third-order valence-corrected chi connectivity index (χ3v) is 2.26. The van der Waals surface area contributed by atoms with Crippen molar-refractivity contribution in [3.8, 4) is 0 Å². The van der Waals surface area contributed by atoms with Gasteiger partial charge in [-0.05, 0) is 30.7 Å². The van der Waals surface area contributed by atoms with E-state index >= 15 is 0 Å². The lowest BCUT2D eigenvalue weighted by molar-refractivity contribution is 0.0681. The molecule has 0 saturated heterocycles. The van der Waals surface area contributed by atoms with Crippen LogP contribution in [0.5, 0.6) is 0 Å². The highest BCUT2D eigenvalue weighted by Crippen LogP contribution is 2.01. The number of aromatic nitrogens is 2. The molecule has 7 heteroatoms. The van der Waals surface area contributed by atoms with Crippen molar-refractivity contribution in [3.05, 3.63) is 63.8 Å². The minimum Gasteiger partial charge on any atom is -0.477 e. The van der Waals surface area contributed by atoms with Crippen molar-refractivity contribution in [1.29, 1.82) is 0 Å². The summed E-state index contributed by atoms with van der Waals surface area (Å²) in [6.45, 7) is 1.72. The third kappa shape index (κ3) is 4.05. The van der Waals surface area contributed by atoms with E-state index in [1.54, 1.807) is 19.1 Å². The fourth-order valence-corrected chi connectivity index (χ4v) is 1.30. The van der Waals surface area contributed by atoms with Crippen LogP contribution in [0.2, 0.25) is 0 Å². The lowest BCUT2D eigenvalue weighted by Gasteiger charge is -1.95. The monoisotopic (exact) mass is 276 g/mol. The van der Waals surface area contributed by atoms with Crippen molar-refractivity contribution >= 4 is 11.9 Å². The van der Waals surface area contributed by atoms with E-state index in [0.717, 1.165) is 0 Å². The number of carboxylic acid groups (broad SMARTS) is 2. The number of hydrogen-bond donors (Lipinski definition) is 3. The first-order valence-electron chi connectivity index (χ1n) is 5.49. The zero-order valence-corrected chi connectivity index (χ0v) is 10.5. The summed E-state index contributed by atoms with van der Waals surface area (Å²) in [6.07, 6.45) is 2.85. The molecule has 0 spiro atoms. The fraction of sp³-hybridized carbons (Fsp3) is 0.0769. The van der Waals surface area contributed by atoms with Gasteiger partial charge in [-0.25, -0.2) is 14.6 Å². The molecule has 104 valence electrons. The van der Waals surface area contributed by atoms with E-state index < -0.39 is 17.5 Å². The highest BCUT2D eigenvalue weighted by atomic mass is 16.4. The molecule has 0 amide bonds. The number of H-pyrrole nitrogens is 1. The van der Waals surface area contributed by atoms with Gasteiger partial charge in [-0.1, -0.05) is 6.07 Å². The van der Waals surface area contributed by atoms with Gasteiger partial charge in [0.15, 0.2) is 5.69 Å². The molecule has 7 nitrogen and oxygen atoms in total. The van der Waals surface area contributed by atoms with E-state index in [2.05, 4.69) is 9.97 Å². The van der Waals surface area contributed by atoms with Gasteiger partial charge < -0.3 is 15.2 Å². The lowest BCUT2D eigenvalue weighted by Crippen LogP contribution is -2.15. The average molecular weight is 276 g/mol. The summed E-state index contributed by atoms with van der Waals surface area (Å²) < 4.78 is 0. The first-order chi connectivity index (χ1) is 9.43. The van der Waals surface area contributed by atoms with Crippen molar-refractivity contribution in [1.82, 2.24) is 9.97 Å². The van der Waals surface area contributed by atoms with E-state index in [-0.39, 0.29) is 11.3 Å². The first-order valence-corrected chi connectivity index (χ1v) is 5.49. The molecule has 0 radical (unpaired) electrons. The van der Waals surface area contributed by atoms with Crippen molar-refractivity contribution < 1.29 is 19.8 Å². The summed E-state index contributed by atoms with van der Waals surface area (Å²) in [5.41, 5.74) is 0.00926. The molecule has 0 aliphatic carbocycles. The van der Waals surface area contributed by atoms with Crippen LogP contribution in [0.15, 0.2) is 41.5 Å². The summed E-state index contributed by atoms with van der Waals surface area (Å²) >= 11 is 0. The van der Waals surface area contributed by atoms with E-state index in [9.17, 15) is 14.4 Å². The number of carbonyl (C=O) groups is 2. The number of pyridine rings is 2. The van der Waals surface area contributed by atoms with Crippen LogP contribution in [-0.2, 0) is 0 Å². The van der Waals surface area contributed by atoms with Crippen LogP contribution in [0, 0.1) is 6.92 Å². The van der Waals surface area contributed by atoms with Gasteiger partial charge in [-0.15, -0.1) is 0 Å². The molecule has 0 unspecified atom stereocenters. The molecule has 0 aliphatic heterocycles. The molecule has 0 aromatic carbocycles. The van der Waals surface area contributed by atoms with Gasteiger partial charge in [0.2, 0.25) is 0 Å². The summed E-state index contributed by atoms with van der Waals surface area (Å²) in [5, 5.41) is 16.8. The molecule has 2 aromatic rings. The van der Waals surface area contributed by atoms with Crippen LogP contribution in [0.25, 0.3) is 0 Å². The average Bonchev–Trinajstić information content (AvgIpc) is 2.40. The Hall–Kier alpha value is -2.96. The predicted molar refractivity (Wildman–Crippen MR) is 70.0 cm³/mol.